The summed E-state index contributed by atoms with van der Waals surface area (Å²) in [5.74, 6) is -0.911. The van der Waals surface area contributed by atoms with Crippen LogP contribution >= 0.6 is 0 Å². The van der Waals surface area contributed by atoms with E-state index in [1.165, 1.54) is 128 Å². The maximum Gasteiger partial charge on any atom is 0.306 e. The molecule has 0 heterocycles. The molecule has 0 saturated carbocycles. The van der Waals surface area contributed by atoms with Crippen LogP contribution in [0, 0.1) is 0 Å². The highest BCUT2D eigenvalue weighted by atomic mass is 16.6. The quantitative estimate of drug-likeness (QED) is 0.0262. The largest absolute Gasteiger partial charge is 0.462 e. The van der Waals surface area contributed by atoms with Gasteiger partial charge in [0, 0.05) is 19.3 Å². The highest BCUT2D eigenvalue weighted by Crippen LogP contribution is 2.14. The van der Waals surface area contributed by atoms with Crippen LogP contribution in [-0.4, -0.2) is 37.2 Å². The lowest BCUT2D eigenvalue weighted by atomic mass is 10.1. The van der Waals surface area contributed by atoms with E-state index in [9.17, 15) is 14.4 Å². The van der Waals surface area contributed by atoms with Gasteiger partial charge in [-0.3, -0.25) is 14.4 Å². The molecule has 1 unspecified atom stereocenters. The van der Waals surface area contributed by atoms with Crippen molar-refractivity contribution in [1.82, 2.24) is 0 Å². The number of rotatable bonds is 48. The Morgan fingerprint density at radius 2 is 0.571 bits per heavy atom. The van der Waals surface area contributed by atoms with E-state index in [0.29, 0.717) is 19.3 Å². The fourth-order valence-electron chi connectivity index (χ4n) is 7.38. The van der Waals surface area contributed by atoms with E-state index in [-0.39, 0.29) is 31.1 Å². The van der Waals surface area contributed by atoms with E-state index in [4.69, 9.17) is 14.2 Å². The maximum absolute atomic E-state index is 12.8. The molecule has 0 N–H and O–H groups in total. The van der Waals surface area contributed by atoms with Crippen molar-refractivity contribution < 1.29 is 28.6 Å². The van der Waals surface area contributed by atoms with Crippen molar-refractivity contribution in [2.24, 2.45) is 0 Å². The molecule has 0 fully saturated rings. The lowest BCUT2D eigenvalue weighted by Gasteiger charge is -2.18. The van der Waals surface area contributed by atoms with Gasteiger partial charge in [0.15, 0.2) is 6.10 Å². The van der Waals surface area contributed by atoms with E-state index in [2.05, 4.69) is 81.5 Å². The first-order valence-corrected chi connectivity index (χ1v) is 26.8. The summed E-state index contributed by atoms with van der Waals surface area (Å²) in [6, 6.07) is 0. The Kier molecular flexibility index (Phi) is 49.4. The van der Waals surface area contributed by atoms with Gasteiger partial charge in [0.25, 0.3) is 0 Å². The van der Waals surface area contributed by atoms with E-state index in [0.717, 1.165) is 96.3 Å². The Labute approximate surface area is 390 Å². The fraction of sp³-hybridized carbons (Fsp3) is 0.772. The Balaban J connectivity index is 4.39. The zero-order valence-electron chi connectivity index (χ0n) is 41.6. The van der Waals surface area contributed by atoms with Gasteiger partial charge in [-0.05, 0) is 109 Å². The monoisotopic (exact) mass is 881 g/mol. The van der Waals surface area contributed by atoms with Gasteiger partial charge < -0.3 is 14.2 Å². The molecule has 0 amide bonds. The minimum atomic E-state index is -0.786. The van der Waals surface area contributed by atoms with E-state index in [1.807, 2.05) is 0 Å². The molecule has 0 rings (SSSR count). The molecular weight excluding hydrogens is 781 g/mol. The third-order valence-corrected chi connectivity index (χ3v) is 11.5. The van der Waals surface area contributed by atoms with Crippen molar-refractivity contribution in [2.75, 3.05) is 13.2 Å². The summed E-state index contributed by atoms with van der Waals surface area (Å²) in [5.41, 5.74) is 0. The van der Waals surface area contributed by atoms with Crippen LogP contribution in [-0.2, 0) is 28.6 Å². The zero-order valence-corrected chi connectivity index (χ0v) is 41.6. The van der Waals surface area contributed by atoms with Gasteiger partial charge in [0.1, 0.15) is 13.2 Å². The molecule has 0 aromatic heterocycles. The van der Waals surface area contributed by atoms with Crippen LogP contribution in [0.4, 0.5) is 0 Å². The Morgan fingerprint density at radius 1 is 0.317 bits per heavy atom. The second-order valence-corrected chi connectivity index (χ2v) is 17.8. The molecule has 0 aliphatic carbocycles. The third kappa shape index (κ3) is 50.0. The van der Waals surface area contributed by atoms with Gasteiger partial charge in [0.05, 0.1) is 0 Å². The highest BCUT2D eigenvalue weighted by Gasteiger charge is 2.19. The number of ether oxygens (including phenoxy) is 3. The van der Waals surface area contributed by atoms with Crippen molar-refractivity contribution in [1.29, 1.82) is 0 Å². The van der Waals surface area contributed by atoms with Gasteiger partial charge >= 0.3 is 17.9 Å². The minimum absolute atomic E-state index is 0.0858. The average Bonchev–Trinajstić information content (AvgIpc) is 3.28. The van der Waals surface area contributed by atoms with Gasteiger partial charge in [-0.15, -0.1) is 0 Å². The van der Waals surface area contributed by atoms with E-state index in [1.54, 1.807) is 0 Å². The number of allylic oxidation sites excluding steroid dienone is 10. The molecular formula is C57H100O6. The molecule has 1 atom stereocenters. The van der Waals surface area contributed by atoms with Crippen molar-refractivity contribution in [2.45, 2.75) is 271 Å². The van der Waals surface area contributed by atoms with Crippen LogP contribution < -0.4 is 0 Å². The molecule has 0 aliphatic heterocycles. The standard InChI is InChI=1S/C57H100O6/c1-4-7-10-13-16-19-22-25-26-27-28-29-30-33-35-38-41-44-47-50-56(59)62-53-54(63-57(60)51-48-45-42-39-36-32-24-21-18-15-12-9-6-3)52-61-55(58)49-46-43-40-37-34-31-23-20-17-14-11-8-5-2/h16,19-21,23-26,28-29,54H,4-15,17-18,22,27,30-53H2,1-3H3/b19-16-,23-20-,24-21-,26-25-,29-28-. The minimum Gasteiger partial charge on any atom is -0.462 e. The molecule has 0 spiro atoms. The number of hydrogen-bond acceptors (Lipinski definition) is 6. The lowest BCUT2D eigenvalue weighted by molar-refractivity contribution is -0.167. The van der Waals surface area contributed by atoms with Crippen LogP contribution in [0.5, 0.6) is 0 Å². The number of carbonyl (C=O) groups is 3. The summed E-state index contributed by atoms with van der Waals surface area (Å²) in [6.45, 7) is 6.56. The Morgan fingerprint density at radius 3 is 0.937 bits per heavy atom. The summed E-state index contributed by atoms with van der Waals surface area (Å²) in [5, 5.41) is 0. The van der Waals surface area contributed by atoms with Crippen LogP contribution in [0.3, 0.4) is 0 Å². The lowest BCUT2D eigenvalue weighted by Crippen LogP contribution is -2.30. The van der Waals surface area contributed by atoms with Crippen molar-refractivity contribution in [3.05, 3.63) is 60.8 Å². The van der Waals surface area contributed by atoms with Crippen molar-refractivity contribution in [3.8, 4) is 0 Å². The number of hydrogen-bond donors (Lipinski definition) is 0. The SMILES string of the molecule is CCCCC/C=C\C/C=C\C/C=C\CCCCCCCCC(=O)OCC(COC(=O)CCCCCCC/C=C\CCCCCC)OC(=O)CCCCCCC/C=C\CCCCCC. The second kappa shape index (κ2) is 51.7. The molecule has 0 aliphatic rings. The van der Waals surface area contributed by atoms with Crippen molar-refractivity contribution in [3.63, 3.8) is 0 Å². The smallest absolute Gasteiger partial charge is 0.306 e. The van der Waals surface area contributed by atoms with Gasteiger partial charge in [-0.2, -0.15) is 0 Å². The van der Waals surface area contributed by atoms with Crippen LogP contribution in [0.2, 0.25) is 0 Å². The Bertz CT molecular complexity index is 1150. The van der Waals surface area contributed by atoms with Crippen LogP contribution in [0.1, 0.15) is 265 Å². The molecule has 6 heteroatoms. The molecule has 63 heavy (non-hydrogen) atoms. The third-order valence-electron chi connectivity index (χ3n) is 11.5. The Hall–Kier alpha value is -2.89. The maximum atomic E-state index is 12.8. The fourth-order valence-corrected chi connectivity index (χ4v) is 7.38. The highest BCUT2D eigenvalue weighted by molar-refractivity contribution is 5.71. The normalized spacial score (nSPS) is 12.5. The molecule has 0 radical (unpaired) electrons. The summed E-state index contributed by atoms with van der Waals surface area (Å²) in [7, 11) is 0. The summed E-state index contributed by atoms with van der Waals surface area (Å²) >= 11 is 0. The zero-order chi connectivity index (χ0) is 45.8. The first-order chi connectivity index (χ1) is 31.0. The number of carbonyl (C=O) groups excluding carboxylic acids is 3. The molecule has 0 aromatic carbocycles. The predicted molar refractivity (Wildman–Crippen MR) is 270 cm³/mol. The van der Waals surface area contributed by atoms with Crippen LogP contribution in [0.25, 0.3) is 0 Å². The second-order valence-electron chi connectivity index (χ2n) is 17.8. The molecule has 0 saturated heterocycles. The van der Waals surface area contributed by atoms with Gasteiger partial charge in [-0.25, -0.2) is 0 Å². The van der Waals surface area contributed by atoms with Crippen LogP contribution in [0.15, 0.2) is 60.8 Å². The van der Waals surface area contributed by atoms with Gasteiger partial charge in [0.2, 0.25) is 0 Å². The van der Waals surface area contributed by atoms with E-state index < -0.39 is 6.10 Å². The molecule has 6 nitrogen and oxygen atoms in total. The average molecular weight is 881 g/mol. The first kappa shape index (κ1) is 60.1. The predicted octanol–water partition coefficient (Wildman–Crippen LogP) is 17.6. The summed E-state index contributed by atoms with van der Waals surface area (Å²) < 4.78 is 16.8. The summed E-state index contributed by atoms with van der Waals surface area (Å²) in [6.07, 6.45) is 63.4. The molecule has 0 aromatic rings. The molecule has 0 bridgehead atoms. The molecule has 364 valence electrons. The van der Waals surface area contributed by atoms with Gasteiger partial charge in [-0.1, -0.05) is 197 Å². The topological polar surface area (TPSA) is 78.9 Å². The first-order valence-electron chi connectivity index (χ1n) is 26.8. The van der Waals surface area contributed by atoms with Crippen molar-refractivity contribution >= 4 is 17.9 Å². The van der Waals surface area contributed by atoms with E-state index >= 15 is 0 Å². The summed E-state index contributed by atoms with van der Waals surface area (Å²) in [4.78, 5) is 38.0. The number of esters is 3. The number of unbranched alkanes of at least 4 members (excludes halogenated alkanes) is 27.